The molecule has 0 aromatic carbocycles. The second-order valence-electron chi connectivity index (χ2n) is 14.2. The van der Waals surface area contributed by atoms with Crippen LogP contribution in [-0.2, 0) is 28.6 Å². The number of aliphatic hydroxyl groups excluding tert-OH is 1. The SMILES string of the molecule is CCCCC/C=C\C/C=C\CCCCCCCC(=O)OC[C@H](COC(=O)CCN(C)CCO)OC(=O)CCCCCCC/C=C\C/C=C\CCCCC. The average molecular weight is 746 g/mol. The Bertz CT molecular complexity index is 974. The quantitative estimate of drug-likeness (QED) is 0.0288. The second kappa shape index (κ2) is 40.5. The largest absolute Gasteiger partial charge is 0.462 e. The Morgan fingerprint density at radius 3 is 1.36 bits per heavy atom. The van der Waals surface area contributed by atoms with Gasteiger partial charge in [-0.15, -0.1) is 0 Å². The first-order chi connectivity index (χ1) is 25.9. The number of carbonyl (C=O) groups excluding carboxylic acids is 3. The number of unbranched alkanes of at least 4 members (excludes halogenated alkanes) is 16. The van der Waals surface area contributed by atoms with E-state index in [-0.39, 0.29) is 44.6 Å². The van der Waals surface area contributed by atoms with Crippen molar-refractivity contribution >= 4 is 17.9 Å². The van der Waals surface area contributed by atoms with Gasteiger partial charge in [0.25, 0.3) is 0 Å². The van der Waals surface area contributed by atoms with E-state index in [1.54, 1.807) is 0 Å². The van der Waals surface area contributed by atoms with Crippen molar-refractivity contribution in [2.24, 2.45) is 0 Å². The van der Waals surface area contributed by atoms with Crippen molar-refractivity contribution in [2.75, 3.05) is 40.0 Å². The van der Waals surface area contributed by atoms with Crippen molar-refractivity contribution in [3.63, 3.8) is 0 Å². The number of allylic oxidation sites excluding steroid dienone is 8. The van der Waals surface area contributed by atoms with Crippen molar-refractivity contribution in [1.29, 1.82) is 0 Å². The van der Waals surface area contributed by atoms with Crippen molar-refractivity contribution in [3.8, 4) is 0 Å². The molecule has 0 rings (SSSR count). The Labute approximate surface area is 324 Å². The van der Waals surface area contributed by atoms with Gasteiger partial charge in [-0.25, -0.2) is 0 Å². The lowest BCUT2D eigenvalue weighted by Gasteiger charge is -2.19. The lowest BCUT2D eigenvalue weighted by atomic mass is 10.1. The van der Waals surface area contributed by atoms with Crippen LogP contribution in [0.15, 0.2) is 48.6 Å². The van der Waals surface area contributed by atoms with Crippen LogP contribution in [0.5, 0.6) is 0 Å². The van der Waals surface area contributed by atoms with Crippen LogP contribution < -0.4 is 0 Å². The third-order valence-electron chi connectivity index (χ3n) is 9.00. The lowest BCUT2D eigenvalue weighted by Crippen LogP contribution is -2.31. The Morgan fingerprint density at radius 1 is 0.509 bits per heavy atom. The van der Waals surface area contributed by atoms with E-state index < -0.39 is 12.1 Å². The first kappa shape index (κ1) is 50.3. The molecule has 0 bridgehead atoms. The highest BCUT2D eigenvalue weighted by atomic mass is 16.6. The topological polar surface area (TPSA) is 102 Å². The van der Waals surface area contributed by atoms with Crippen LogP contribution in [-0.4, -0.2) is 74.0 Å². The molecule has 0 aromatic heterocycles. The zero-order chi connectivity index (χ0) is 38.9. The molecule has 0 unspecified atom stereocenters. The predicted octanol–water partition coefficient (Wildman–Crippen LogP) is 10.9. The predicted molar refractivity (Wildman–Crippen MR) is 220 cm³/mol. The normalized spacial score (nSPS) is 12.5. The minimum Gasteiger partial charge on any atom is -0.462 e. The standard InChI is InChI=1S/C45H79NO7/c1-4-6-8-10-12-14-16-18-20-22-24-26-28-30-32-34-43(48)51-40-42(41-52-44(49)36-37-46(3)38-39-47)53-45(50)35-33-31-29-27-25-23-21-19-17-15-13-11-9-7-5-2/h12-15,18-21,42,47H,4-11,16-17,22-41H2,1-3H3/b14-12-,15-13-,20-18-,21-19-/t42-/m1/s1. The van der Waals surface area contributed by atoms with Gasteiger partial charge in [0, 0.05) is 25.9 Å². The first-order valence-corrected chi connectivity index (χ1v) is 21.3. The van der Waals surface area contributed by atoms with E-state index in [0.29, 0.717) is 19.5 Å². The molecule has 0 spiro atoms. The molecule has 0 aliphatic carbocycles. The minimum atomic E-state index is -0.840. The molecule has 1 atom stereocenters. The number of hydrogen-bond donors (Lipinski definition) is 1. The van der Waals surface area contributed by atoms with E-state index in [0.717, 1.165) is 89.9 Å². The third-order valence-corrected chi connectivity index (χ3v) is 9.00. The molecule has 8 nitrogen and oxygen atoms in total. The zero-order valence-electron chi connectivity index (χ0n) is 34.3. The average Bonchev–Trinajstić information content (AvgIpc) is 3.15. The fraction of sp³-hybridized carbons (Fsp3) is 0.756. The summed E-state index contributed by atoms with van der Waals surface area (Å²) in [5.74, 6) is -1.13. The molecule has 1 N–H and O–H groups in total. The maximum absolute atomic E-state index is 12.6. The van der Waals surface area contributed by atoms with E-state index >= 15 is 0 Å². The van der Waals surface area contributed by atoms with Crippen LogP contribution in [0.3, 0.4) is 0 Å². The zero-order valence-corrected chi connectivity index (χ0v) is 34.3. The molecule has 0 aromatic rings. The third kappa shape index (κ3) is 38.8. The van der Waals surface area contributed by atoms with E-state index in [4.69, 9.17) is 19.3 Å². The van der Waals surface area contributed by atoms with Crippen molar-refractivity contribution in [1.82, 2.24) is 4.90 Å². The Morgan fingerprint density at radius 2 is 0.906 bits per heavy atom. The smallest absolute Gasteiger partial charge is 0.307 e. The fourth-order valence-electron chi connectivity index (χ4n) is 5.60. The van der Waals surface area contributed by atoms with Crippen LogP contribution in [0, 0.1) is 0 Å². The van der Waals surface area contributed by atoms with Crippen LogP contribution >= 0.6 is 0 Å². The number of likely N-dealkylation sites (N-methyl/N-ethyl adjacent to an activating group) is 1. The molecule has 306 valence electrons. The van der Waals surface area contributed by atoms with Crippen molar-refractivity contribution in [2.45, 2.75) is 180 Å². The number of esters is 3. The Kier molecular flexibility index (Phi) is 38.4. The van der Waals surface area contributed by atoms with Gasteiger partial charge in [-0.3, -0.25) is 14.4 Å². The highest BCUT2D eigenvalue weighted by Gasteiger charge is 2.19. The van der Waals surface area contributed by atoms with Gasteiger partial charge in [0.05, 0.1) is 13.0 Å². The summed E-state index contributed by atoms with van der Waals surface area (Å²) in [6.45, 7) is 5.08. The van der Waals surface area contributed by atoms with Gasteiger partial charge >= 0.3 is 17.9 Å². The molecule has 0 amide bonds. The van der Waals surface area contributed by atoms with Gasteiger partial charge < -0.3 is 24.2 Å². The van der Waals surface area contributed by atoms with Gasteiger partial charge in [-0.1, -0.05) is 127 Å². The summed E-state index contributed by atoms with van der Waals surface area (Å²) in [7, 11) is 1.81. The monoisotopic (exact) mass is 746 g/mol. The molecule has 0 heterocycles. The van der Waals surface area contributed by atoms with E-state index in [1.807, 2.05) is 11.9 Å². The molecule has 8 heteroatoms. The van der Waals surface area contributed by atoms with Crippen LogP contribution in [0.1, 0.15) is 174 Å². The summed E-state index contributed by atoms with van der Waals surface area (Å²) < 4.78 is 16.4. The summed E-state index contributed by atoms with van der Waals surface area (Å²) in [4.78, 5) is 39.2. The van der Waals surface area contributed by atoms with E-state index in [2.05, 4.69) is 62.5 Å². The maximum Gasteiger partial charge on any atom is 0.307 e. The number of hydrogen-bond acceptors (Lipinski definition) is 8. The lowest BCUT2D eigenvalue weighted by molar-refractivity contribution is -0.167. The molecular weight excluding hydrogens is 666 g/mol. The van der Waals surface area contributed by atoms with Crippen molar-refractivity contribution < 1.29 is 33.7 Å². The molecule has 0 aliphatic heterocycles. The molecule has 53 heavy (non-hydrogen) atoms. The highest BCUT2D eigenvalue weighted by molar-refractivity contribution is 5.71. The summed E-state index contributed by atoms with van der Waals surface area (Å²) in [6.07, 6.45) is 42.4. The molecule has 0 aliphatic rings. The molecule has 0 radical (unpaired) electrons. The van der Waals surface area contributed by atoms with Crippen LogP contribution in [0.25, 0.3) is 0 Å². The number of ether oxygens (including phenoxy) is 3. The van der Waals surface area contributed by atoms with Gasteiger partial charge in [-0.05, 0) is 84.1 Å². The Hall–Kier alpha value is -2.71. The number of nitrogens with zero attached hydrogens (tertiary/aromatic N) is 1. The molecular formula is C45H79NO7. The molecule has 0 saturated carbocycles. The van der Waals surface area contributed by atoms with Gasteiger partial charge in [0.1, 0.15) is 13.2 Å². The fourth-order valence-corrected chi connectivity index (χ4v) is 5.60. The highest BCUT2D eigenvalue weighted by Crippen LogP contribution is 2.12. The Balaban J connectivity index is 4.33. The summed E-state index contributed by atoms with van der Waals surface area (Å²) in [5.41, 5.74) is 0. The summed E-state index contributed by atoms with van der Waals surface area (Å²) >= 11 is 0. The second-order valence-corrected chi connectivity index (χ2v) is 14.2. The number of rotatable bonds is 38. The molecule has 0 saturated heterocycles. The summed E-state index contributed by atoms with van der Waals surface area (Å²) in [5, 5.41) is 9.06. The minimum absolute atomic E-state index is 0.0127. The number of carbonyl (C=O) groups is 3. The van der Waals surface area contributed by atoms with Crippen LogP contribution in [0.4, 0.5) is 0 Å². The summed E-state index contributed by atoms with van der Waals surface area (Å²) in [6, 6.07) is 0. The number of aliphatic hydroxyl groups is 1. The van der Waals surface area contributed by atoms with Gasteiger partial charge in [-0.2, -0.15) is 0 Å². The van der Waals surface area contributed by atoms with Crippen LogP contribution in [0.2, 0.25) is 0 Å². The van der Waals surface area contributed by atoms with Gasteiger partial charge in [0.2, 0.25) is 0 Å². The maximum atomic E-state index is 12.6. The van der Waals surface area contributed by atoms with E-state index in [9.17, 15) is 14.4 Å². The van der Waals surface area contributed by atoms with Gasteiger partial charge in [0.15, 0.2) is 6.10 Å². The van der Waals surface area contributed by atoms with E-state index in [1.165, 1.54) is 51.4 Å². The first-order valence-electron chi connectivity index (χ1n) is 21.3. The molecule has 0 fully saturated rings. The van der Waals surface area contributed by atoms with Crippen molar-refractivity contribution in [3.05, 3.63) is 48.6 Å².